The molecular formula is C18H22ClN3O2. The van der Waals surface area contributed by atoms with E-state index in [0.717, 1.165) is 12.1 Å². The second kappa shape index (κ2) is 6.57. The molecule has 0 radical (unpaired) electrons. The topological polar surface area (TPSA) is 58.4 Å². The summed E-state index contributed by atoms with van der Waals surface area (Å²) in [5.74, 6) is 0.580. The molecule has 1 fully saturated rings. The van der Waals surface area contributed by atoms with Crippen LogP contribution in [-0.4, -0.2) is 35.6 Å². The summed E-state index contributed by atoms with van der Waals surface area (Å²) >= 11 is 6.34. The number of amides is 1. The van der Waals surface area contributed by atoms with E-state index < -0.39 is 0 Å². The number of benzene rings is 1. The maximum Gasteiger partial charge on any atom is 0.276 e. The largest absolute Gasteiger partial charge is 0.360 e. The van der Waals surface area contributed by atoms with Gasteiger partial charge in [-0.25, -0.2) is 0 Å². The number of carbonyl (C=O) groups is 1. The Hall–Kier alpha value is -1.85. The maximum atomic E-state index is 13.0. The number of hydrogen-bond donors (Lipinski definition) is 1. The van der Waals surface area contributed by atoms with Gasteiger partial charge in [0.15, 0.2) is 5.69 Å². The second-order valence-electron chi connectivity index (χ2n) is 7.07. The molecule has 1 N–H and O–H groups in total. The number of halogens is 1. The fourth-order valence-electron chi connectivity index (χ4n) is 2.85. The zero-order valence-electron chi connectivity index (χ0n) is 14.2. The lowest BCUT2D eigenvalue weighted by molar-refractivity contribution is 0.0623. The number of aromatic nitrogens is 1. The van der Waals surface area contributed by atoms with Crippen molar-refractivity contribution in [2.24, 2.45) is 0 Å². The van der Waals surface area contributed by atoms with Gasteiger partial charge in [-0.3, -0.25) is 4.79 Å². The van der Waals surface area contributed by atoms with E-state index >= 15 is 0 Å². The molecule has 2 heterocycles. The predicted octanol–water partition coefficient (Wildman–Crippen LogP) is 3.41. The molecule has 1 aromatic carbocycles. The Morgan fingerprint density at radius 3 is 2.79 bits per heavy atom. The lowest BCUT2D eigenvalue weighted by Crippen LogP contribution is -2.48. The molecule has 128 valence electrons. The monoisotopic (exact) mass is 347 g/mol. The third-order valence-electron chi connectivity index (χ3n) is 4.24. The Labute approximate surface area is 147 Å². The number of carbonyl (C=O) groups excluding carboxylic acids is 1. The second-order valence-corrected chi connectivity index (χ2v) is 7.47. The van der Waals surface area contributed by atoms with Crippen LogP contribution >= 0.6 is 11.6 Å². The van der Waals surface area contributed by atoms with Crippen molar-refractivity contribution in [3.05, 3.63) is 52.4 Å². The Balaban J connectivity index is 1.89. The maximum absolute atomic E-state index is 13.0. The van der Waals surface area contributed by atoms with Gasteiger partial charge in [0.05, 0.1) is 6.04 Å². The molecule has 0 aliphatic carbocycles. The molecule has 6 heteroatoms. The summed E-state index contributed by atoms with van der Waals surface area (Å²) in [5, 5.41) is 7.98. The van der Waals surface area contributed by atoms with E-state index in [1.807, 2.05) is 49.9 Å². The number of nitrogens with zero attached hydrogens (tertiary/aromatic N) is 2. The van der Waals surface area contributed by atoms with E-state index in [9.17, 15) is 4.79 Å². The third-order valence-corrected chi connectivity index (χ3v) is 4.58. The summed E-state index contributed by atoms with van der Waals surface area (Å²) in [6.07, 6.45) is 0. The van der Waals surface area contributed by atoms with Gasteiger partial charge in [0.2, 0.25) is 0 Å². The highest BCUT2D eigenvalue weighted by Crippen LogP contribution is 2.30. The normalized spacial score (nSPS) is 18.7. The standard InChI is InChI=1S/C18H22ClN3O2/c1-18(2,3)16-10-14(21-24-16)17(23)22-9-8-20-11-15(22)12-6-4-5-7-13(12)19/h4-7,10,15,20H,8-9,11H2,1-3H3. The first kappa shape index (κ1) is 17.0. The van der Waals surface area contributed by atoms with E-state index in [1.54, 1.807) is 6.07 Å². The summed E-state index contributed by atoms with van der Waals surface area (Å²) in [7, 11) is 0. The minimum absolute atomic E-state index is 0.116. The summed E-state index contributed by atoms with van der Waals surface area (Å²) in [5.41, 5.74) is 1.11. The Bertz CT molecular complexity index is 736. The van der Waals surface area contributed by atoms with Crippen LogP contribution in [0.5, 0.6) is 0 Å². The van der Waals surface area contributed by atoms with Crippen LogP contribution in [0.15, 0.2) is 34.9 Å². The van der Waals surface area contributed by atoms with Crippen LogP contribution in [0.1, 0.15) is 48.6 Å². The molecule has 0 spiro atoms. The van der Waals surface area contributed by atoms with Crippen LogP contribution in [0.2, 0.25) is 5.02 Å². The zero-order chi connectivity index (χ0) is 17.3. The van der Waals surface area contributed by atoms with Crippen LogP contribution < -0.4 is 5.32 Å². The molecule has 1 saturated heterocycles. The highest BCUT2D eigenvalue weighted by atomic mass is 35.5. The Morgan fingerprint density at radius 2 is 2.12 bits per heavy atom. The third kappa shape index (κ3) is 3.32. The van der Waals surface area contributed by atoms with Crippen molar-refractivity contribution in [1.82, 2.24) is 15.4 Å². The average Bonchev–Trinajstić information content (AvgIpc) is 3.05. The first-order chi connectivity index (χ1) is 11.4. The Kier molecular flexibility index (Phi) is 4.65. The van der Waals surface area contributed by atoms with Crippen molar-refractivity contribution in [2.75, 3.05) is 19.6 Å². The van der Waals surface area contributed by atoms with Crippen molar-refractivity contribution in [3.63, 3.8) is 0 Å². The smallest absolute Gasteiger partial charge is 0.276 e. The van der Waals surface area contributed by atoms with Gasteiger partial charge in [-0.15, -0.1) is 0 Å². The van der Waals surface area contributed by atoms with Crippen molar-refractivity contribution in [3.8, 4) is 0 Å². The van der Waals surface area contributed by atoms with E-state index in [4.69, 9.17) is 16.1 Å². The fourth-order valence-corrected chi connectivity index (χ4v) is 3.11. The average molecular weight is 348 g/mol. The van der Waals surface area contributed by atoms with E-state index in [1.165, 1.54) is 0 Å². The summed E-state index contributed by atoms with van der Waals surface area (Å²) in [6, 6.07) is 9.27. The first-order valence-electron chi connectivity index (χ1n) is 8.11. The van der Waals surface area contributed by atoms with Gasteiger partial charge in [0, 0.05) is 36.1 Å². The van der Waals surface area contributed by atoms with Gasteiger partial charge in [-0.1, -0.05) is 55.7 Å². The number of nitrogens with one attached hydrogen (secondary N) is 1. The molecule has 3 rings (SSSR count). The highest BCUT2D eigenvalue weighted by molar-refractivity contribution is 6.31. The van der Waals surface area contributed by atoms with Crippen LogP contribution in [0, 0.1) is 0 Å². The molecule has 0 saturated carbocycles. The molecule has 2 aromatic rings. The lowest BCUT2D eigenvalue weighted by atomic mass is 9.93. The van der Waals surface area contributed by atoms with Crippen molar-refractivity contribution >= 4 is 17.5 Å². The molecule has 1 aliphatic rings. The number of piperazine rings is 1. The SMILES string of the molecule is CC(C)(C)c1cc(C(=O)N2CCNCC2c2ccccc2Cl)no1. The first-order valence-corrected chi connectivity index (χ1v) is 8.49. The quantitative estimate of drug-likeness (QED) is 0.904. The Morgan fingerprint density at radius 1 is 1.38 bits per heavy atom. The molecule has 0 bridgehead atoms. The van der Waals surface area contributed by atoms with Gasteiger partial charge >= 0.3 is 0 Å². The van der Waals surface area contributed by atoms with Crippen LogP contribution in [0.3, 0.4) is 0 Å². The molecule has 1 aliphatic heterocycles. The molecule has 24 heavy (non-hydrogen) atoms. The van der Waals surface area contributed by atoms with E-state index in [-0.39, 0.29) is 17.4 Å². The van der Waals surface area contributed by atoms with Gasteiger partial charge in [-0.05, 0) is 11.6 Å². The van der Waals surface area contributed by atoms with Crippen molar-refractivity contribution in [2.45, 2.75) is 32.2 Å². The molecule has 1 aromatic heterocycles. The molecule has 1 unspecified atom stereocenters. The van der Waals surface area contributed by atoms with Crippen LogP contribution in [0.25, 0.3) is 0 Å². The molecule has 1 atom stereocenters. The van der Waals surface area contributed by atoms with E-state index in [2.05, 4.69) is 10.5 Å². The molecule has 1 amide bonds. The molecular weight excluding hydrogens is 326 g/mol. The highest BCUT2D eigenvalue weighted by Gasteiger charge is 2.32. The minimum Gasteiger partial charge on any atom is -0.360 e. The van der Waals surface area contributed by atoms with Gasteiger partial charge < -0.3 is 14.7 Å². The molecule has 5 nitrogen and oxygen atoms in total. The summed E-state index contributed by atoms with van der Waals surface area (Å²) < 4.78 is 5.37. The van der Waals surface area contributed by atoms with E-state index in [0.29, 0.717) is 29.6 Å². The minimum atomic E-state index is -0.183. The summed E-state index contributed by atoms with van der Waals surface area (Å²) in [6.45, 7) is 8.10. The van der Waals surface area contributed by atoms with Crippen LogP contribution in [-0.2, 0) is 5.41 Å². The van der Waals surface area contributed by atoms with Gasteiger partial charge in [0.25, 0.3) is 5.91 Å². The van der Waals surface area contributed by atoms with Gasteiger partial charge in [0.1, 0.15) is 5.76 Å². The zero-order valence-corrected chi connectivity index (χ0v) is 14.9. The number of rotatable bonds is 2. The predicted molar refractivity (Wildman–Crippen MR) is 93.3 cm³/mol. The fraction of sp³-hybridized carbons (Fsp3) is 0.444. The van der Waals surface area contributed by atoms with Crippen molar-refractivity contribution < 1.29 is 9.32 Å². The van der Waals surface area contributed by atoms with Gasteiger partial charge in [-0.2, -0.15) is 0 Å². The van der Waals surface area contributed by atoms with Crippen molar-refractivity contribution in [1.29, 1.82) is 0 Å². The lowest BCUT2D eigenvalue weighted by Gasteiger charge is -2.36. The van der Waals surface area contributed by atoms with Crippen LogP contribution in [0.4, 0.5) is 0 Å². The summed E-state index contributed by atoms with van der Waals surface area (Å²) in [4.78, 5) is 14.8. The number of hydrogen-bond acceptors (Lipinski definition) is 4.